The van der Waals surface area contributed by atoms with Gasteiger partial charge in [0, 0.05) is 11.8 Å². The van der Waals surface area contributed by atoms with Gasteiger partial charge in [-0.3, -0.25) is 0 Å². The Balaban J connectivity index is 2.24. The Morgan fingerprint density at radius 3 is 2.59 bits per heavy atom. The average Bonchev–Trinajstić information content (AvgIpc) is 2.22. The largest absolute Gasteiger partial charge is 0.451 e. The van der Waals surface area contributed by atoms with E-state index in [4.69, 9.17) is 4.74 Å². The van der Waals surface area contributed by atoms with Crippen molar-refractivity contribution < 1.29 is 17.9 Å². The Bertz CT molecular complexity index is 404. The minimum absolute atomic E-state index is 0.0377. The zero-order valence-corrected chi connectivity index (χ0v) is 9.21. The second kappa shape index (κ2) is 4.48. The van der Waals surface area contributed by atoms with Crippen molar-refractivity contribution in [1.82, 2.24) is 9.97 Å². The van der Waals surface area contributed by atoms with E-state index in [9.17, 15) is 13.2 Å². The summed E-state index contributed by atoms with van der Waals surface area (Å²) in [6, 6.07) is 1.57. The van der Waals surface area contributed by atoms with Crippen molar-refractivity contribution in [2.24, 2.45) is 0 Å². The number of halogens is 3. The SMILES string of the molecule is CCc1cc(NC2COC2)nc(C(F)(F)F)n1. The maximum atomic E-state index is 12.5. The first kappa shape index (κ1) is 12.1. The molecule has 1 aromatic heterocycles. The highest BCUT2D eigenvalue weighted by molar-refractivity contribution is 5.38. The van der Waals surface area contributed by atoms with E-state index in [0.29, 0.717) is 25.3 Å². The molecule has 1 aliphatic rings. The molecule has 1 saturated heterocycles. The molecule has 0 spiro atoms. The third-order valence-electron chi connectivity index (χ3n) is 2.39. The molecule has 1 aromatic rings. The van der Waals surface area contributed by atoms with Crippen LogP contribution < -0.4 is 5.32 Å². The molecule has 1 fully saturated rings. The molecule has 0 aromatic carbocycles. The van der Waals surface area contributed by atoms with E-state index in [1.54, 1.807) is 6.92 Å². The molecule has 94 valence electrons. The predicted octanol–water partition coefficient (Wildman–Crippen LogP) is 1.87. The lowest BCUT2D eigenvalue weighted by atomic mass is 10.2. The normalized spacial score (nSPS) is 16.7. The molecule has 2 heterocycles. The van der Waals surface area contributed by atoms with Gasteiger partial charge in [-0.2, -0.15) is 13.2 Å². The van der Waals surface area contributed by atoms with Gasteiger partial charge >= 0.3 is 6.18 Å². The van der Waals surface area contributed by atoms with Gasteiger partial charge in [0.05, 0.1) is 19.3 Å². The Kier molecular flexibility index (Phi) is 3.19. The van der Waals surface area contributed by atoms with Crippen LogP contribution in [0, 0.1) is 0 Å². The third kappa shape index (κ3) is 2.85. The fraction of sp³-hybridized carbons (Fsp3) is 0.600. The van der Waals surface area contributed by atoms with Gasteiger partial charge in [0.15, 0.2) is 0 Å². The molecule has 0 aliphatic carbocycles. The molecule has 7 heteroatoms. The van der Waals surface area contributed by atoms with Gasteiger partial charge in [-0.1, -0.05) is 6.92 Å². The number of rotatable bonds is 3. The maximum Gasteiger partial charge on any atom is 0.451 e. The van der Waals surface area contributed by atoms with Crippen molar-refractivity contribution in [2.45, 2.75) is 25.6 Å². The van der Waals surface area contributed by atoms with Crippen LogP contribution in [0.25, 0.3) is 0 Å². The van der Waals surface area contributed by atoms with Crippen LogP contribution in [-0.4, -0.2) is 29.2 Å². The first-order valence-electron chi connectivity index (χ1n) is 5.28. The van der Waals surface area contributed by atoms with Crippen LogP contribution >= 0.6 is 0 Å². The highest BCUT2D eigenvalue weighted by Gasteiger charge is 2.35. The number of aromatic nitrogens is 2. The number of hydrogen-bond acceptors (Lipinski definition) is 4. The smallest absolute Gasteiger partial charge is 0.377 e. The minimum atomic E-state index is -4.52. The molecular weight excluding hydrogens is 235 g/mol. The number of aryl methyl sites for hydroxylation is 1. The Labute approximate surface area is 96.2 Å². The van der Waals surface area contributed by atoms with Crippen LogP contribution in [0.2, 0.25) is 0 Å². The van der Waals surface area contributed by atoms with E-state index in [0.717, 1.165) is 0 Å². The van der Waals surface area contributed by atoms with Gasteiger partial charge in [-0.15, -0.1) is 0 Å². The van der Waals surface area contributed by atoms with Crippen molar-refractivity contribution in [2.75, 3.05) is 18.5 Å². The van der Waals surface area contributed by atoms with Gasteiger partial charge in [0.1, 0.15) is 5.82 Å². The fourth-order valence-corrected chi connectivity index (χ4v) is 1.41. The summed E-state index contributed by atoms with van der Waals surface area (Å²) in [6.07, 6.45) is -4.08. The number of ether oxygens (including phenoxy) is 1. The van der Waals surface area contributed by atoms with E-state index in [2.05, 4.69) is 15.3 Å². The second-order valence-electron chi connectivity index (χ2n) is 3.80. The van der Waals surface area contributed by atoms with Crippen molar-refractivity contribution in [3.05, 3.63) is 17.6 Å². The number of hydrogen-bond donors (Lipinski definition) is 1. The molecule has 17 heavy (non-hydrogen) atoms. The van der Waals surface area contributed by atoms with E-state index in [1.165, 1.54) is 6.07 Å². The molecular formula is C10H12F3N3O. The summed E-state index contributed by atoms with van der Waals surface area (Å²) < 4.78 is 42.6. The van der Waals surface area contributed by atoms with Gasteiger partial charge in [0.2, 0.25) is 5.82 Å². The van der Waals surface area contributed by atoms with Crippen molar-refractivity contribution >= 4 is 5.82 Å². The second-order valence-corrected chi connectivity index (χ2v) is 3.80. The lowest BCUT2D eigenvalue weighted by molar-refractivity contribution is -0.145. The van der Waals surface area contributed by atoms with E-state index < -0.39 is 12.0 Å². The van der Waals surface area contributed by atoms with Crippen LogP contribution in [0.5, 0.6) is 0 Å². The van der Waals surface area contributed by atoms with E-state index >= 15 is 0 Å². The first-order chi connectivity index (χ1) is 7.99. The molecule has 0 amide bonds. The molecule has 0 bridgehead atoms. The highest BCUT2D eigenvalue weighted by atomic mass is 19.4. The van der Waals surface area contributed by atoms with E-state index in [1.807, 2.05) is 0 Å². The van der Waals surface area contributed by atoms with Gasteiger partial charge in [0.25, 0.3) is 0 Å². The van der Waals surface area contributed by atoms with Crippen LogP contribution in [0.15, 0.2) is 6.07 Å². The van der Waals surface area contributed by atoms with Crippen LogP contribution in [-0.2, 0) is 17.3 Å². The quantitative estimate of drug-likeness (QED) is 0.885. The van der Waals surface area contributed by atoms with E-state index in [-0.39, 0.29) is 11.9 Å². The van der Waals surface area contributed by atoms with Gasteiger partial charge in [-0.05, 0) is 6.42 Å². The van der Waals surface area contributed by atoms with Crippen molar-refractivity contribution in [3.63, 3.8) is 0 Å². The van der Waals surface area contributed by atoms with Crippen molar-refractivity contribution in [1.29, 1.82) is 0 Å². The molecule has 0 atom stereocenters. The standard InChI is InChI=1S/C10H12F3N3O/c1-2-6-3-8(14-7-4-17-5-7)16-9(15-6)10(11,12)13/h3,7H,2,4-5H2,1H3,(H,14,15,16). The number of alkyl halides is 3. The lowest BCUT2D eigenvalue weighted by Gasteiger charge is -2.27. The summed E-state index contributed by atoms with van der Waals surface area (Å²) >= 11 is 0. The summed E-state index contributed by atoms with van der Waals surface area (Å²) in [7, 11) is 0. The zero-order valence-electron chi connectivity index (χ0n) is 9.21. The maximum absolute atomic E-state index is 12.5. The summed E-state index contributed by atoms with van der Waals surface area (Å²) in [4.78, 5) is 6.94. The average molecular weight is 247 g/mol. The first-order valence-corrected chi connectivity index (χ1v) is 5.28. The van der Waals surface area contributed by atoms with Crippen LogP contribution in [0.3, 0.4) is 0 Å². The minimum Gasteiger partial charge on any atom is -0.377 e. The molecule has 1 N–H and O–H groups in total. The summed E-state index contributed by atoms with van der Waals surface area (Å²) in [6.45, 7) is 2.73. The van der Waals surface area contributed by atoms with Crippen LogP contribution in [0.1, 0.15) is 18.4 Å². The number of nitrogens with zero attached hydrogens (tertiary/aromatic N) is 2. The van der Waals surface area contributed by atoms with Crippen molar-refractivity contribution in [3.8, 4) is 0 Å². The van der Waals surface area contributed by atoms with Gasteiger partial charge < -0.3 is 10.1 Å². The monoisotopic (exact) mass is 247 g/mol. The van der Waals surface area contributed by atoms with Crippen LogP contribution in [0.4, 0.5) is 19.0 Å². The summed E-state index contributed by atoms with van der Waals surface area (Å²) in [5.74, 6) is -0.892. The molecule has 0 radical (unpaired) electrons. The fourth-order valence-electron chi connectivity index (χ4n) is 1.41. The highest BCUT2D eigenvalue weighted by Crippen LogP contribution is 2.27. The molecule has 1 aliphatic heterocycles. The van der Waals surface area contributed by atoms with Gasteiger partial charge in [-0.25, -0.2) is 9.97 Å². The Morgan fingerprint density at radius 1 is 1.41 bits per heavy atom. The third-order valence-corrected chi connectivity index (χ3v) is 2.39. The summed E-state index contributed by atoms with van der Waals surface area (Å²) in [5.41, 5.74) is 0.370. The number of anilines is 1. The molecule has 4 nitrogen and oxygen atoms in total. The molecule has 2 rings (SSSR count). The summed E-state index contributed by atoms with van der Waals surface area (Å²) in [5, 5.41) is 2.89. The lowest BCUT2D eigenvalue weighted by Crippen LogP contribution is -2.40. The Morgan fingerprint density at radius 2 is 2.12 bits per heavy atom. The molecule has 0 unspecified atom stereocenters. The zero-order chi connectivity index (χ0) is 12.5. The Hall–Kier alpha value is -1.37. The topological polar surface area (TPSA) is 47.0 Å². The predicted molar refractivity (Wildman–Crippen MR) is 54.6 cm³/mol. The number of nitrogens with one attached hydrogen (secondary N) is 1. The molecule has 0 saturated carbocycles.